The van der Waals surface area contributed by atoms with Gasteiger partial charge >= 0.3 is 0 Å². The predicted octanol–water partition coefficient (Wildman–Crippen LogP) is 3.23. The molecule has 0 radical (unpaired) electrons. The van der Waals surface area contributed by atoms with Gasteiger partial charge in [-0.2, -0.15) is 0 Å². The molecular formula is C22H38IN5O. The number of rotatable bonds is 7. The Hall–Kier alpha value is -1.35. The molecule has 0 aliphatic carbocycles. The zero-order valence-corrected chi connectivity index (χ0v) is 20.7. The summed E-state index contributed by atoms with van der Waals surface area (Å²) in [5.41, 5.74) is 1.72. The smallest absolute Gasteiger partial charge is 0.251 e. The molecule has 2 rings (SSSR count). The summed E-state index contributed by atoms with van der Waals surface area (Å²) in [5, 5.41) is 9.54. The first-order valence-electron chi connectivity index (χ1n) is 10.5. The Balaban J connectivity index is 0.00000420. The normalized spacial score (nSPS) is 16.5. The molecule has 0 aromatic heterocycles. The first-order valence-corrected chi connectivity index (χ1v) is 10.5. The topological polar surface area (TPSA) is 68.8 Å². The van der Waals surface area contributed by atoms with Crippen LogP contribution in [0, 0.1) is 5.92 Å². The molecule has 1 aromatic carbocycles. The largest absolute Gasteiger partial charge is 0.355 e. The Morgan fingerprint density at radius 1 is 1.14 bits per heavy atom. The summed E-state index contributed by atoms with van der Waals surface area (Å²) in [4.78, 5) is 18.8. The molecule has 1 saturated heterocycles. The van der Waals surface area contributed by atoms with E-state index in [0.717, 1.165) is 18.1 Å². The first kappa shape index (κ1) is 25.7. The molecule has 1 heterocycles. The Kier molecular flexibility index (Phi) is 12.2. The summed E-state index contributed by atoms with van der Waals surface area (Å²) in [5.74, 6) is 1.32. The maximum atomic E-state index is 11.8. The molecule has 1 amide bonds. The SMILES string of the molecule is CN=C(NCc1cccc(C(=O)NC)c1)NCC(C(C)C)N1CCCCCC1.I. The molecule has 1 aliphatic rings. The second-order valence-electron chi connectivity index (χ2n) is 7.85. The number of aliphatic imine (C=N–C) groups is 1. The van der Waals surface area contributed by atoms with Crippen LogP contribution in [0.5, 0.6) is 0 Å². The van der Waals surface area contributed by atoms with E-state index in [1.807, 2.05) is 24.3 Å². The minimum absolute atomic E-state index is 0. The molecule has 0 bridgehead atoms. The molecule has 7 heteroatoms. The quantitative estimate of drug-likeness (QED) is 0.297. The number of hydrogen-bond donors (Lipinski definition) is 3. The minimum atomic E-state index is -0.0680. The van der Waals surface area contributed by atoms with Crippen molar-refractivity contribution in [3.8, 4) is 0 Å². The lowest BCUT2D eigenvalue weighted by molar-refractivity contribution is 0.0963. The van der Waals surface area contributed by atoms with E-state index in [2.05, 4.69) is 39.7 Å². The van der Waals surface area contributed by atoms with Crippen molar-refractivity contribution >= 4 is 35.8 Å². The summed E-state index contributed by atoms with van der Waals surface area (Å²) in [6.45, 7) is 8.51. The molecule has 1 atom stereocenters. The van der Waals surface area contributed by atoms with Gasteiger partial charge in [0.25, 0.3) is 5.91 Å². The number of amides is 1. The molecule has 0 spiro atoms. The van der Waals surface area contributed by atoms with Crippen molar-refractivity contribution in [2.75, 3.05) is 33.7 Å². The Morgan fingerprint density at radius 2 is 1.83 bits per heavy atom. The van der Waals surface area contributed by atoms with Gasteiger partial charge in [0.05, 0.1) is 0 Å². The lowest BCUT2D eigenvalue weighted by Crippen LogP contribution is -2.49. The van der Waals surface area contributed by atoms with Crippen molar-refractivity contribution in [3.05, 3.63) is 35.4 Å². The second-order valence-corrected chi connectivity index (χ2v) is 7.85. The Bertz CT molecular complexity index is 642. The maximum Gasteiger partial charge on any atom is 0.251 e. The van der Waals surface area contributed by atoms with Gasteiger partial charge in [0.2, 0.25) is 0 Å². The molecule has 6 nitrogen and oxygen atoms in total. The fourth-order valence-corrected chi connectivity index (χ4v) is 3.79. The van der Waals surface area contributed by atoms with Crippen LogP contribution in [-0.2, 0) is 6.54 Å². The van der Waals surface area contributed by atoms with E-state index in [1.54, 1.807) is 14.1 Å². The average Bonchev–Trinajstić information content (AvgIpc) is 2.99. The van der Waals surface area contributed by atoms with Crippen molar-refractivity contribution in [1.29, 1.82) is 0 Å². The number of benzene rings is 1. The van der Waals surface area contributed by atoms with Gasteiger partial charge in [0, 0.05) is 38.8 Å². The maximum absolute atomic E-state index is 11.8. The van der Waals surface area contributed by atoms with Crippen molar-refractivity contribution in [3.63, 3.8) is 0 Å². The van der Waals surface area contributed by atoms with Crippen LogP contribution in [0.15, 0.2) is 29.3 Å². The van der Waals surface area contributed by atoms with Gasteiger partial charge in [-0.3, -0.25) is 14.7 Å². The number of carbonyl (C=O) groups is 1. The highest BCUT2D eigenvalue weighted by Gasteiger charge is 2.22. The van der Waals surface area contributed by atoms with Crippen LogP contribution in [-0.4, -0.2) is 56.5 Å². The third-order valence-corrected chi connectivity index (χ3v) is 5.46. The molecule has 0 saturated carbocycles. The summed E-state index contributed by atoms with van der Waals surface area (Å²) < 4.78 is 0. The summed E-state index contributed by atoms with van der Waals surface area (Å²) in [6.07, 6.45) is 5.32. The number of guanidine groups is 1. The number of nitrogens with one attached hydrogen (secondary N) is 3. The molecule has 1 unspecified atom stereocenters. The lowest BCUT2D eigenvalue weighted by atomic mass is 10.0. The molecule has 1 aromatic rings. The molecule has 1 fully saturated rings. The van der Waals surface area contributed by atoms with E-state index in [4.69, 9.17) is 0 Å². The van der Waals surface area contributed by atoms with Crippen molar-refractivity contribution in [1.82, 2.24) is 20.9 Å². The molecule has 1 aliphatic heterocycles. The van der Waals surface area contributed by atoms with E-state index in [1.165, 1.54) is 38.8 Å². The van der Waals surface area contributed by atoms with Gasteiger partial charge in [-0.05, 0) is 49.5 Å². The van der Waals surface area contributed by atoms with E-state index >= 15 is 0 Å². The fraction of sp³-hybridized carbons (Fsp3) is 0.636. The van der Waals surface area contributed by atoms with Crippen LogP contribution in [0.3, 0.4) is 0 Å². The highest BCUT2D eigenvalue weighted by atomic mass is 127. The van der Waals surface area contributed by atoms with Gasteiger partial charge in [-0.15, -0.1) is 24.0 Å². The standard InChI is InChI=1S/C22H37N5O.HI/c1-17(2)20(27-12-7-5-6-8-13-27)16-26-22(24-4)25-15-18-10-9-11-19(14-18)21(28)23-3;/h9-11,14,17,20H,5-8,12-13,15-16H2,1-4H3,(H,23,28)(H2,24,25,26);1H. The number of halogens is 1. The third-order valence-electron chi connectivity index (χ3n) is 5.46. The van der Waals surface area contributed by atoms with Crippen LogP contribution in [0.2, 0.25) is 0 Å². The van der Waals surface area contributed by atoms with E-state index in [0.29, 0.717) is 24.1 Å². The summed E-state index contributed by atoms with van der Waals surface area (Å²) in [7, 11) is 3.45. The van der Waals surface area contributed by atoms with Gasteiger partial charge < -0.3 is 16.0 Å². The Labute approximate surface area is 193 Å². The van der Waals surface area contributed by atoms with Gasteiger partial charge in [0.15, 0.2) is 5.96 Å². The number of likely N-dealkylation sites (tertiary alicyclic amines) is 1. The van der Waals surface area contributed by atoms with E-state index in [9.17, 15) is 4.79 Å². The van der Waals surface area contributed by atoms with Gasteiger partial charge in [-0.25, -0.2) is 0 Å². The van der Waals surface area contributed by atoms with Crippen molar-refractivity contribution in [2.45, 2.75) is 52.1 Å². The predicted molar refractivity (Wildman–Crippen MR) is 132 cm³/mol. The highest BCUT2D eigenvalue weighted by molar-refractivity contribution is 14.0. The number of hydrogen-bond acceptors (Lipinski definition) is 3. The minimum Gasteiger partial charge on any atom is -0.355 e. The molecule has 29 heavy (non-hydrogen) atoms. The van der Waals surface area contributed by atoms with E-state index in [-0.39, 0.29) is 29.9 Å². The van der Waals surface area contributed by atoms with Crippen molar-refractivity contribution < 1.29 is 4.79 Å². The van der Waals surface area contributed by atoms with Gasteiger partial charge in [-0.1, -0.05) is 38.8 Å². The van der Waals surface area contributed by atoms with E-state index < -0.39 is 0 Å². The van der Waals surface area contributed by atoms with Crippen LogP contribution in [0.1, 0.15) is 55.5 Å². The number of nitrogens with zero attached hydrogens (tertiary/aromatic N) is 2. The summed E-state index contributed by atoms with van der Waals surface area (Å²) >= 11 is 0. The fourth-order valence-electron chi connectivity index (χ4n) is 3.79. The van der Waals surface area contributed by atoms with Gasteiger partial charge in [0.1, 0.15) is 0 Å². The van der Waals surface area contributed by atoms with Crippen molar-refractivity contribution in [2.24, 2.45) is 10.9 Å². The summed E-state index contributed by atoms with van der Waals surface area (Å²) in [6, 6.07) is 8.16. The number of carbonyl (C=O) groups excluding carboxylic acids is 1. The second kappa shape index (κ2) is 13.8. The molecular weight excluding hydrogens is 477 g/mol. The lowest BCUT2D eigenvalue weighted by Gasteiger charge is -2.34. The molecule has 3 N–H and O–H groups in total. The zero-order chi connectivity index (χ0) is 20.4. The van der Waals surface area contributed by atoms with Crippen LogP contribution in [0.25, 0.3) is 0 Å². The monoisotopic (exact) mass is 515 g/mol. The Morgan fingerprint density at radius 3 is 2.41 bits per heavy atom. The first-order chi connectivity index (χ1) is 13.5. The van der Waals surface area contributed by atoms with Crippen LogP contribution in [0.4, 0.5) is 0 Å². The van der Waals surface area contributed by atoms with Crippen LogP contribution < -0.4 is 16.0 Å². The average molecular weight is 515 g/mol. The molecule has 164 valence electrons. The highest BCUT2D eigenvalue weighted by Crippen LogP contribution is 2.17. The van der Waals surface area contributed by atoms with Crippen LogP contribution >= 0.6 is 24.0 Å². The zero-order valence-electron chi connectivity index (χ0n) is 18.3. The third kappa shape index (κ3) is 8.50.